The van der Waals surface area contributed by atoms with Gasteiger partial charge in [0.25, 0.3) is 0 Å². The molecule has 6 nitrogen and oxygen atoms in total. The smallest absolute Gasteiger partial charge is 0.408 e. The predicted octanol–water partition coefficient (Wildman–Crippen LogP) is -0.436. The predicted molar refractivity (Wildman–Crippen MR) is 61.6 cm³/mol. The molecule has 0 aliphatic rings. The lowest BCUT2D eigenvalue weighted by Crippen LogP contribution is -2.28. The van der Waals surface area contributed by atoms with E-state index >= 15 is 0 Å². The maximum Gasteiger partial charge on any atom is 0.417 e. The van der Waals surface area contributed by atoms with Gasteiger partial charge in [0.15, 0.2) is 5.58 Å². The summed E-state index contributed by atoms with van der Waals surface area (Å²) in [6.07, 6.45) is -0.760. The number of rotatable bonds is 5. The lowest BCUT2D eigenvalue weighted by Gasteiger charge is -2.08. The van der Waals surface area contributed by atoms with E-state index in [-0.39, 0.29) is 6.61 Å². The van der Waals surface area contributed by atoms with Crippen LogP contribution in [0.2, 0.25) is 0 Å². The summed E-state index contributed by atoms with van der Waals surface area (Å²) in [4.78, 5) is 13.5. The third-order valence-electron chi connectivity index (χ3n) is 2.41. The zero-order chi connectivity index (χ0) is 12.3. The van der Waals surface area contributed by atoms with Crippen molar-refractivity contribution in [3.8, 4) is 0 Å². The molecule has 1 heterocycles. The van der Waals surface area contributed by atoms with Crippen LogP contribution in [0.3, 0.4) is 0 Å². The molecule has 0 bridgehead atoms. The van der Waals surface area contributed by atoms with E-state index in [0.29, 0.717) is 24.2 Å². The summed E-state index contributed by atoms with van der Waals surface area (Å²) in [5.41, 5.74) is 2.11. The van der Waals surface area contributed by atoms with E-state index in [2.05, 4.69) is 10.3 Å². The van der Waals surface area contributed by atoms with Crippen LogP contribution in [-0.4, -0.2) is 34.5 Å². The van der Waals surface area contributed by atoms with Gasteiger partial charge in [-0.2, -0.15) is 0 Å². The Morgan fingerprint density at radius 2 is 2.29 bits per heavy atom. The fourth-order valence-electron chi connectivity index (χ4n) is 1.55. The van der Waals surface area contributed by atoms with Crippen LogP contribution in [0.5, 0.6) is 0 Å². The van der Waals surface area contributed by atoms with E-state index in [1.165, 1.54) is 0 Å². The van der Waals surface area contributed by atoms with E-state index in [1.807, 2.05) is 6.07 Å². The Morgan fingerprint density at radius 3 is 3.06 bits per heavy atom. The second-order valence-electron chi connectivity index (χ2n) is 3.81. The highest BCUT2D eigenvalue weighted by molar-refractivity contribution is 5.72. The molecule has 0 fully saturated rings. The first-order valence-electron chi connectivity index (χ1n) is 5.30. The zero-order valence-corrected chi connectivity index (χ0v) is 9.14. The Bertz CT molecular complexity index is 546. The van der Waals surface area contributed by atoms with Crippen LogP contribution in [0.4, 0.5) is 0 Å². The minimum Gasteiger partial charge on any atom is -0.408 e. The van der Waals surface area contributed by atoms with Crippen molar-refractivity contribution < 1.29 is 14.6 Å². The first-order valence-corrected chi connectivity index (χ1v) is 5.30. The van der Waals surface area contributed by atoms with Crippen molar-refractivity contribution in [3.05, 3.63) is 34.3 Å². The number of nitrogens with one attached hydrogen (secondary N) is 2. The number of H-pyrrole nitrogens is 1. The second kappa shape index (κ2) is 5.13. The van der Waals surface area contributed by atoms with Crippen molar-refractivity contribution in [1.29, 1.82) is 0 Å². The van der Waals surface area contributed by atoms with Crippen molar-refractivity contribution in [3.63, 3.8) is 0 Å². The monoisotopic (exact) mass is 238 g/mol. The van der Waals surface area contributed by atoms with Gasteiger partial charge in [-0.1, -0.05) is 6.07 Å². The number of benzene rings is 1. The molecule has 2 rings (SSSR count). The SMILES string of the molecule is O=c1[nH]c2ccc(CNCC(O)CO)cc2o1. The van der Waals surface area contributed by atoms with Crippen molar-refractivity contribution in [2.45, 2.75) is 12.6 Å². The van der Waals surface area contributed by atoms with Crippen LogP contribution < -0.4 is 11.1 Å². The Hall–Kier alpha value is -1.63. The second-order valence-corrected chi connectivity index (χ2v) is 3.81. The lowest BCUT2D eigenvalue weighted by atomic mass is 10.2. The van der Waals surface area contributed by atoms with E-state index in [4.69, 9.17) is 14.6 Å². The van der Waals surface area contributed by atoms with Crippen LogP contribution in [0.15, 0.2) is 27.4 Å². The van der Waals surface area contributed by atoms with Gasteiger partial charge in [0, 0.05) is 13.1 Å². The minimum atomic E-state index is -0.760. The number of fused-ring (bicyclic) bond motifs is 1. The van der Waals surface area contributed by atoms with Gasteiger partial charge in [0.1, 0.15) is 0 Å². The van der Waals surface area contributed by atoms with Crippen LogP contribution in [0, 0.1) is 0 Å². The van der Waals surface area contributed by atoms with Gasteiger partial charge in [-0.05, 0) is 17.7 Å². The van der Waals surface area contributed by atoms with Crippen molar-refractivity contribution in [2.24, 2.45) is 0 Å². The van der Waals surface area contributed by atoms with E-state index in [0.717, 1.165) is 5.56 Å². The summed E-state index contributed by atoms with van der Waals surface area (Å²) < 4.78 is 4.93. The molecule has 1 unspecified atom stereocenters. The third-order valence-corrected chi connectivity index (χ3v) is 2.41. The number of aliphatic hydroxyl groups excluding tert-OH is 2. The third kappa shape index (κ3) is 2.94. The molecule has 2 aromatic rings. The Morgan fingerprint density at radius 1 is 1.47 bits per heavy atom. The quantitative estimate of drug-likeness (QED) is 0.566. The van der Waals surface area contributed by atoms with Gasteiger partial charge in [0.05, 0.1) is 18.2 Å². The molecular weight excluding hydrogens is 224 g/mol. The molecule has 0 aliphatic carbocycles. The molecule has 6 heteroatoms. The molecule has 0 saturated carbocycles. The highest BCUT2D eigenvalue weighted by Crippen LogP contribution is 2.11. The normalized spacial score (nSPS) is 13.1. The van der Waals surface area contributed by atoms with E-state index in [1.54, 1.807) is 12.1 Å². The van der Waals surface area contributed by atoms with Gasteiger partial charge in [-0.15, -0.1) is 0 Å². The van der Waals surface area contributed by atoms with E-state index in [9.17, 15) is 4.79 Å². The van der Waals surface area contributed by atoms with Crippen LogP contribution >= 0.6 is 0 Å². The van der Waals surface area contributed by atoms with Crippen LogP contribution in [-0.2, 0) is 6.54 Å². The summed E-state index contributed by atoms with van der Waals surface area (Å²) in [6, 6.07) is 5.37. The number of aliphatic hydroxyl groups is 2. The number of hydrogen-bond acceptors (Lipinski definition) is 5. The molecule has 0 amide bonds. The highest BCUT2D eigenvalue weighted by atomic mass is 16.4. The van der Waals surface area contributed by atoms with Gasteiger partial charge in [-0.25, -0.2) is 4.79 Å². The summed E-state index contributed by atoms with van der Waals surface area (Å²) in [5, 5.41) is 20.7. The average molecular weight is 238 g/mol. The van der Waals surface area contributed by atoms with Crippen molar-refractivity contribution in [1.82, 2.24) is 10.3 Å². The summed E-state index contributed by atoms with van der Waals surface area (Å²) in [6.45, 7) is 0.576. The minimum absolute atomic E-state index is 0.265. The van der Waals surface area contributed by atoms with Crippen molar-refractivity contribution >= 4 is 11.1 Å². The molecule has 1 atom stereocenters. The zero-order valence-electron chi connectivity index (χ0n) is 9.14. The number of aromatic amines is 1. The van der Waals surface area contributed by atoms with Crippen molar-refractivity contribution in [2.75, 3.05) is 13.2 Å². The first-order chi connectivity index (χ1) is 8.19. The lowest BCUT2D eigenvalue weighted by molar-refractivity contribution is 0.0942. The summed E-state index contributed by atoms with van der Waals surface area (Å²) in [5.74, 6) is -0.471. The molecular formula is C11H14N2O4. The van der Waals surface area contributed by atoms with Gasteiger partial charge in [-0.3, -0.25) is 4.98 Å². The maximum absolute atomic E-state index is 10.9. The topological polar surface area (TPSA) is 98.5 Å². The number of oxazole rings is 1. The summed E-state index contributed by atoms with van der Waals surface area (Å²) >= 11 is 0. The van der Waals surface area contributed by atoms with Gasteiger partial charge < -0.3 is 19.9 Å². The Balaban J connectivity index is 2.01. The molecule has 0 saturated heterocycles. The van der Waals surface area contributed by atoms with Crippen LogP contribution in [0.25, 0.3) is 11.1 Å². The maximum atomic E-state index is 10.9. The molecule has 4 N–H and O–H groups in total. The molecule has 1 aromatic heterocycles. The number of hydrogen-bond donors (Lipinski definition) is 4. The average Bonchev–Trinajstić information content (AvgIpc) is 2.68. The fourth-order valence-corrected chi connectivity index (χ4v) is 1.55. The van der Waals surface area contributed by atoms with Gasteiger partial charge >= 0.3 is 5.76 Å². The molecule has 1 aromatic carbocycles. The Labute approximate surface area is 96.9 Å². The molecule has 0 radical (unpaired) electrons. The highest BCUT2D eigenvalue weighted by Gasteiger charge is 2.03. The number of aromatic nitrogens is 1. The molecule has 0 aliphatic heterocycles. The molecule has 92 valence electrons. The standard InChI is InChI=1S/C11H14N2O4/c14-6-8(15)5-12-4-7-1-2-9-10(3-7)17-11(16)13-9/h1-3,8,12,14-15H,4-6H2,(H,13,16). The fraction of sp³-hybridized carbons (Fsp3) is 0.364. The Kier molecular flexibility index (Phi) is 3.58. The first kappa shape index (κ1) is 11.8. The van der Waals surface area contributed by atoms with Crippen LogP contribution in [0.1, 0.15) is 5.56 Å². The van der Waals surface area contributed by atoms with Gasteiger partial charge in [0.2, 0.25) is 0 Å². The largest absolute Gasteiger partial charge is 0.417 e. The molecule has 0 spiro atoms. The molecule has 17 heavy (non-hydrogen) atoms. The van der Waals surface area contributed by atoms with E-state index < -0.39 is 11.9 Å². The summed E-state index contributed by atoms with van der Waals surface area (Å²) in [7, 11) is 0.